The molecule has 124 valence electrons. The Bertz CT molecular complexity index is 670. The van der Waals surface area contributed by atoms with Gasteiger partial charge in [-0.15, -0.1) is 0 Å². The largest absolute Gasteiger partial charge is 0.494 e. The van der Waals surface area contributed by atoms with Crippen LogP contribution in [0.4, 0.5) is 0 Å². The highest BCUT2D eigenvalue weighted by atomic mass is 16.5. The predicted octanol–water partition coefficient (Wildman–Crippen LogP) is 2.59. The minimum atomic E-state index is 0.0908. The van der Waals surface area contributed by atoms with Gasteiger partial charge in [-0.2, -0.15) is 0 Å². The molecule has 2 aromatic rings. The number of ether oxygens (including phenoxy) is 1. The van der Waals surface area contributed by atoms with Crippen LogP contribution in [0.1, 0.15) is 25.8 Å². The van der Waals surface area contributed by atoms with Crippen LogP contribution in [0.2, 0.25) is 0 Å². The Labute approximate surface area is 137 Å². The average molecular weight is 315 g/mol. The van der Waals surface area contributed by atoms with Crippen LogP contribution in [0.3, 0.4) is 0 Å². The van der Waals surface area contributed by atoms with E-state index in [1.807, 2.05) is 33.0 Å². The van der Waals surface area contributed by atoms with Gasteiger partial charge >= 0.3 is 0 Å². The van der Waals surface area contributed by atoms with Crippen LogP contribution in [0.15, 0.2) is 30.5 Å². The van der Waals surface area contributed by atoms with E-state index in [1.165, 1.54) is 5.56 Å². The van der Waals surface area contributed by atoms with E-state index in [4.69, 9.17) is 4.74 Å². The summed E-state index contributed by atoms with van der Waals surface area (Å²) in [5, 5.41) is 4.00. The summed E-state index contributed by atoms with van der Waals surface area (Å²) in [6.07, 6.45) is 2.27. The fraction of sp³-hybridized carbons (Fsp3) is 0.444. The summed E-state index contributed by atoms with van der Waals surface area (Å²) in [4.78, 5) is 18.3. The summed E-state index contributed by atoms with van der Waals surface area (Å²) in [6.45, 7) is 5.42. The number of pyridine rings is 1. The van der Waals surface area contributed by atoms with Gasteiger partial charge in [0.05, 0.1) is 7.11 Å². The molecule has 0 fully saturated rings. The van der Waals surface area contributed by atoms with Crippen molar-refractivity contribution in [2.75, 3.05) is 20.7 Å². The number of aromatic nitrogens is 1. The number of rotatable bonds is 7. The van der Waals surface area contributed by atoms with Crippen LogP contribution in [0.25, 0.3) is 10.9 Å². The van der Waals surface area contributed by atoms with Crippen molar-refractivity contribution in [1.82, 2.24) is 15.2 Å². The zero-order chi connectivity index (χ0) is 16.8. The molecular formula is C18H25N3O2. The molecule has 1 amide bonds. The molecule has 0 unspecified atom stereocenters. The first-order valence-electron chi connectivity index (χ1n) is 7.89. The lowest BCUT2D eigenvalue weighted by Crippen LogP contribution is -2.33. The third kappa shape index (κ3) is 4.66. The first kappa shape index (κ1) is 17.2. The first-order chi connectivity index (χ1) is 11.0. The Balaban J connectivity index is 2.05. The van der Waals surface area contributed by atoms with Crippen molar-refractivity contribution in [2.24, 2.45) is 0 Å². The van der Waals surface area contributed by atoms with E-state index in [2.05, 4.69) is 27.3 Å². The SMILES string of the molecule is COc1ccc(CN(C)CCC(=O)NC(C)C)c2cccnc12. The van der Waals surface area contributed by atoms with E-state index in [9.17, 15) is 4.79 Å². The second kappa shape index (κ2) is 7.92. The predicted molar refractivity (Wildman–Crippen MR) is 92.5 cm³/mol. The van der Waals surface area contributed by atoms with E-state index in [-0.39, 0.29) is 11.9 Å². The third-order valence-corrected chi connectivity index (χ3v) is 3.65. The molecule has 2 rings (SSSR count). The Morgan fingerprint density at radius 1 is 1.35 bits per heavy atom. The molecule has 0 saturated carbocycles. The van der Waals surface area contributed by atoms with Gasteiger partial charge in [-0.25, -0.2) is 0 Å². The molecule has 0 aliphatic heterocycles. The number of fused-ring (bicyclic) bond motifs is 1. The van der Waals surface area contributed by atoms with Crippen molar-refractivity contribution in [3.63, 3.8) is 0 Å². The van der Waals surface area contributed by atoms with E-state index in [1.54, 1.807) is 13.3 Å². The second-order valence-electron chi connectivity index (χ2n) is 6.04. The number of hydrogen-bond donors (Lipinski definition) is 1. The maximum absolute atomic E-state index is 11.7. The molecule has 23 heavy (non-hydrogen) atoms. The highest BCUT2D eigenvalue weighted by Gasteiger charge is 2.10. The maximum atomic E-state index is 11.7. The molecule has 0 bridgehead atoms. The van der Waals surface area contributed by atoms with Gasteiger partial charge in [0.15, 0.2) is 0 Å². The third-order valence-electron chi connectivity index (χ3n) is 3.65. The topological polar surface area (TPSA) is 54.5 Å². The van der Waals surface area contributed by atoms with Crippen LogP contribution in [0, 0.1) is 0 Å². The number of carbonyl (C=O) groups excluding carboxylic acids is 1. The highest BCUT2D eigenvalue weighted by Crippen LogP contribution is 2.27. The van der Waals surface area contributed by atoms with E-state index in [0.717, 1.165) is 23.2 Å². The fourth-order valence-electron chi connectivity index (χ4n) is 2.56. The minimum absolute atomic E-state index is 0.0908. The highest BCUT2D eigenvalue weighted by molar-refractivity contribution is 5.87. The summed E-state index contributed by atoms with van der Waals surface area (Å²) < 4.78 is 5.37. The smallest absolute Gasteiger partial charge is 0.221 e. The monoisotopic (exact) mass is 315 g/mol. The lowest BCUT2D eigenvalue weighted by molar-refractivity contribution is -0.121. The number of benzene rings is 1. The summed E-state index contributed by atoms with van der Waals surface area (Å²) >= 11 is 0. The summed E-state index contributed by atoms with van der Waals surface area (Å²) in [5.41, 5.74) is 2.05. The molecule has 0 saturated heterocycles. The Kier molecular flexibility index (Phi) is 5.93. The van der Waals surface area contributed by atoms with Crippen molar-refractivity contribution in [1.29, 1.82) is 0 Å². The van der Waals surface area contributed by atoms with Crippen LogP contribution < -0.4 is 10.1 Å². The normalized spacial score (nSPS) is 11.2. The van der Waals surface area contributed by atoms with Gasteiger partial charge in [-0.05, 0) is 38.6 Å². The van der Waals surface area contributed by atoms with Crippen molar-refractivity contribution in [3.05, 3.63) is 36.0 Å². The molecule has 5 nitrogen and oxygen atoms in total. The van der Waals surface area contributed by atoms with E-state index in [0.29, 0.717) is 13.0 Å². The Morgan fingerprint density at radius 3 is 2.83 bits per heavy atom. The summed E-state index contributed by atoms with van der Waals surface area (Å²) in [5.74, 6) is 0.872. The fourth-order valence-corrected chi connectivity index (χ4v) is 2.56. The maximum Gasteiger partial charge on any atom is 0.221 e. The molecule has 5 heteroatoms. The molecule has 1 N–H and O–H groups in total. The van der Waals surface area contributed by atoms with Crippen molar-refractivity contribution in [3.8, 4) is 5.75 Å². The van der Waals surface area contributed by atoms with Crippen molar-refractivity contribution in [2.45, 2.75) is 32.9 Å². The molecule has 1 heterocycles. The van der Waals surface area contributed by atoms with Crippen LogP contribution in [0.5, 0.6) is 5.75 Å². The lowest BCUT2D eigenvalue weighted by Gasteiger charge is -2.18. The number of hydrogen-bond acceptors (Lipinski definition) is 4. The van der Waals surface area contributed by atoms with Crippen LogP contribution in [-0.2, 0) is 11.3 Å². The average Bonchev–Trinajstić information content (AvgIpc) is 2.53. The molecule has 1 aromatic heterocycles. The standard InChI is InChI=1S/C18H25N3O2/c1-13(2)20-17(22)9-11-21(3)12-14-7-8-16(23-4)18-15(14)6-5-10-19-18/h5-8,10,13H,9,11-12H2,1-4H3,(H,20,22). The first-order valence-corrected chi connectivity index (χ1v) is 7.89. The number of amides is 1. The quantitative estimate of drug-likeness (QED) is 0.853. The van der Waals surface area contributed by atoms with Crippen molar-refractivity contribution < 1.29 is 9.53 Å². The second-order valence-corrected chi connectivity index (χ2v) is 6.04. The van der Waals surface area contributed by atoms with Gasteiger partial charge in [-0.3, -0.25) is 9.78 Å². The van der Waals surface area contributed by atoms with Gasteiger partial charge in [0.1, 0.15) is 11.3 Å². The molecular weight excluding hydrogens is 290 g/mol. The van der Waals surface area contributed by atoms with Gasteiger partial charge < -0.3 is 15.0 Å². The molecule has 0 aliphatic rings. The van der Waals surface area contributed by atoms with Gasteiger partial charge in [0.25, 0.3) is 0 Å². The van der Waals surface area contributed by atoms with Gasteiger partial charge in [0, 0.05) is 37.1 Å². The van der Waals surface area contributed by atoms with Crippen molar-refractivity contribution >= 4 is 16.8 Å². The van der Waals surface area contributed by atoms with Crippen LogP contribution in [-0.4, -0.2) is 42.5 Å². The number of nitrogens with zero attached hydrogens (tertiary/aromatic N) is 2. The Morgan fingerprint density at radius 2 is 2.13 bits per heavy atom. The van der Waals surface area contributed by atoms with Gasteiger partial charge in [0.2, 0.25) is 5.91 Å². The van der Waals surface area contributed by atoms with E-state index < -0.39 is 0 Å². The number of nitrogens with one attached hydrogen (secondary N) is 1. The zero-order valence-corrected chi connectivity index (χ0v) is 14.3. The number of carbonyl (C=O) groups is 1. The Hall–Kier alpha value is -2.14. The molecule has 0 aliphatic carbocycles. The van der Waals surface area contributed by atoms with E-state index >= 15 is 0 Å². The molecule has 0 atom stereocenters. The zero-order valence-electron chi connectivity index (χ0n) is 14.3. The van der Waals surface area contributed by atoms with Gasteiger partial charge in [-0.1, -0.05) is 12.1 Å². The summed E-state index contributed by atoms with van der Waals surface area (Å²) in [6, 6.07) is 8.18. The minimum Gasteiger partial charge on any atom is -0.494 e. The molecule has 1 aromatic carbocycles. The van der Waals surface area contributed by atoms with Crippen LogP contribution >= 0.6 is 0 Å². The lowest BCUT2D eigenvalue weighted by atomic mass is 10.1. The number of methoxy groups -OCH3 is 1. The summed E-state index contributed by atoms with van der Waals surface area (Å²) in [7, 11) is 3.68. The molecule has 0 spiro atoms. The molecule has 0 radical (unpaired) electrons.